The van der Waals surface area contributed by atoms with Gasteiger partial charge in [-0.2, -0.15) is 0 Å². The van der Waals surface area contributed by atoms with Gasteiger partial charge in [0.25, 0.3) is 5.91 Å². The maximum absolute atomic E-state index is 12.5. The smallest absolute Gasteiger partial charge is 0.316 e. The minimum Gasteiger partial charge on any atom is -0.493 e. The molecule has 1 saturated heterocycles. The predicted molar refractivity (Wildman–Crippen MR) is 146 cm³/mol. The number of benzene rings is 2. The molecule has 2 aliphatic rings. The molecule has 3 heterocycles. The summed E-state index contributed by atoms with van der Waals surface area (Å²) in [4.78, 5) is 23.4. The van der Waals surface area contributed by atoms with Crippen molar-refractivity contribution in [2.75, 3.05) is 54.4 Å². The summed E-state index contributed by atoms with van der Waals surface area (Å²) in [7, 11) is 4.67. The van der Waals surface area contributed by atoms with E-state index in [-0.39, 0.29) is 25.3 Å². The van der Waals surface area contributed by atoms with Crippen molar-refractivity contribution < 1.29 is 33.2 Å². The number of fused-ring (bicyclic) bond motifs is 1. The third kappa shape index (κ3) is 6.48. The van der Waals surface area contributed by atoms with Crippen LogP contribution in [0.4, 0.5) is 0 Å². The molecule has 3 aromatic rings. The van der Waals surface area contributed by atoms with E-state index < -0.39 is 0 Å². The fraction of sp³-hybridized carbons (Fsp3) is 0.414. The van der Waals surface area contributed by atoms with Crippen LogP contribution in [0.3, 0.4) is 0 Å². The number of nitrogens with zero attached hydrogens (tertiary/aromatic N) is 3. The summed E-state index contributed by atoms with van der Waals surface area (Å²) in [6.07, 6.45) is 5.41. The molecule has 5 rings (SSSR count). The van der Waals surface area contributed by atoms with Crippen molar-refractivity contribution in [3.63, 3.8) is 0 Å². The van der Waals surface area contributed by atoms with Crippen molar-refractivity contribution in [3.8, 4) is 45.9 Å². The first-order chi connectivity index (χ1) is 19.6. The number of aromatic nitrogens is 2. The molecular formula is C29H34N4O7. The molecule has 40 heavy (non-hydrogen) atoms. The standard InChI is InChI=1S/C29H34N4O7/c1-35-25-10-21(11-26(36-2)28(25)37-3)22-13-31-29(32-14-22)38-17-27(34)30-12-20-5-4-8-33(16-20)15-19-6-7-23-24(9-19)40-18-39-23/h6-7,9-11,13-14,20H,4-5,8,12,15-18H2,1-3H3,(H,30,34). The van der Waals surface area contributed by atoms with Crippen LogP contribution in [0.1, 0.15) is 18.4 Å². The summed E-state index contributed by atoms with van der Waals surface area (Å²) in [5.74, 6) is 3.34. The molecule has 1 fully saturated rings. The number of carbonyl (C=O) groups excluding carboxylic acids is 1. The monoisotopic (exact) mass is 550 g/mol. The van der Waals surface area contributed by atoms with E-state index in [1.165, 1.54) is 5.56 Å². The molecule has 1 N–H and O–H groups in total. The first-order valence-corrected chi connectivity index (χ1v) is 13.2. The largest absolute Gasteiger partial charge is 0.493 e. The predicted octanol–water partition coefficient (Wildman–Crippen LogP) is 3.31. The van der Waals surface area contributed by atoms with Gasteiger partial charge in [0.15, 0.2) is 29.6 Å². The van der Waals surface area contributed by atoms with E-state index in [0.29, 0.717) is 29.7 Å². The average molecular weight is 551 g/mol. The second-order valence-electron chi connectivity index (χ2n) is 9.69. The van der Waals surface area contributed by atoms with Gasteiger partial charge in [0.1, 0.15) is 0 Å². The van der Waals surface area contributed by atoms with Crippen LogP contribution in [0.25, 0.3) is 11.1 Å². The van der Waals surface area contributed by atoms with E-state index >= 15 is 0 Å². The van der Waals surface area contributed by atoms with Crippen LogP contribution in [-0.2, 0) is 11.3 Å². The second kappa shape index (κ2) is 12.7. The molecule has 2 aromatic carbocycles. The highest BCUT2D eigenvalue weighted by Gasteiger charge is 2.22. The Morgan fingerprint density at radius 3 is 2.48 bits per heavy atom. The summed E-state index contributed by atoms with van der Waals surface area (Å²) >= 11 is 0. The van der Waals surface area contributed by atoms with Gasteiger partial charge < -0.3 is 33.7 Å². The Morgan fingerprint density at radius 2 is 1.75 bits per heavy atom. The molecule has 11 nitrogen and oxygen atoms in total. The van der Waals surface area contributed by atoms with Crippen molar-refractivity contribution >= 4 is 5.91 Å². The number of amides is 1. The fourth-order valence-electron chi connectivity index (χ4n) is 4.99. The summed E-state index contributed by atoms with van der Waals surface area (Å²) in [6, 6.07) is 9.84. The molecule has 212 valence electrons. The Kier molecular flexibility index (Phi) is 8.70. The van der Waals surface area contributed by atoms with Crippen LogP contribution in [0.2, 0.25) is 0 Å². The molecule has 1 amide bonds. The van der Waals surface area contributed by atoms with Gasteiger partial charge in [0, 0.05) is 37.6 Å². The Balaban J connectivity index is 1.08. The lowest BCUT2D eigenvalue weighted by Crippen LogP contribution is -2.41. The molecule has 1 atom stereocenters. The zero-order valence-corrected chi connectivity index (χ0v) is 23.0. The number of hydrogen-bond acceptors (Lipinski definition) is 10. The van der Waals surface area contributed by atoms with Gasteiger partial charge in [-0.15, -0.1) is 0 Å². The maximum Gasteiger partial charge on any atom is 0.316 e. The minimum atomic E-state index is -0.204. The number of hydrogen-bond donors (Lipinski definition) is 1. The average Bonchev–Trinajstić information content (AvgIpc) is 3.46. The van der Waals surface area contributed by atoms with Crippen molar-refractivity contribution in [2.24, 2.45) is 5.92 Å². The molecule has 0 saturated carbocycles. The van der Waals surface area contributed by atoms with Gasteiger partial charge in [0.05, 0.1) is 21.3 Å². The SMILES string of the molecule is COc1cc(-c2cnc(OCC(=O)NCC3CCCN(Cc4ccc5c(c4)OCO5)C3)nc2)cc(OC)c1OC. The molecule has 0 bridgehead atoms. The number of piperidine rings is 1. The number of methoxy groups -OCH3 is 3. The van der Waals surface area contributed by atoms with Gasteiger partial charge >= 0.3 is 6.01 Å². The van der Waals surface area contributed by atoms with Gasteiger partial charge in [0.2, 0.25) is 12.5 Å². The third-order valence-corrected chi connectivity index (χ3v) is 6.99. The number of likely N-dealkylation sites (tertiary alicyclic amines) is 1. The Labute approximate surface area is 233 Å². The molecular weight excluding hydrogens is 516 g/mol. The molecule has 0 aliphatic carbocycles. The molecule has 1 unspecified atom stereocenters. The summed E-state index contributed by atoms with van der Waals surface area (Å²) in [6.45, 7) is 3.51. The van der Waals surface area contributed by atoms with Crippen molar-refractivity contribution in [2.45, 2.75) is 19.4 Å². The summed E-state index contributed by atoms with van der Waals surface area (Å²) in [5, 5.41) is 2.99. The Morgan fingerprint density at radius 1 is 1.00 bits per heavy atom. The quantitative estimate of drug-likeness (QED) is 0.382. The molecule has 2 aliphatic heterocycles. The number of nitrogens with one attached hydrogen (secondary N) is 1. The lowest BCUT2D eigenvalue weighted by atomic mass is 9.97. The Bertz CT molecular complexity index is 1290. The van der Waals surface area contributed by atoms with Crippen LogP contribution in [-0.4, -0.2) is 75.1 Å². The normalized spacial score (nSPS) is 16.3. The lowest BCUT2D eigenvalue weighted by molar-refractivity contribution is -0.123. The molecule has 11 heteroatoms. The molecule has 0 radical (unpaired) electrons. The summed E-state index contributed by atoms with van der Waals surface area (Å²) < 4.78 is 32.6. The Hall–Kier alpha value is -4.25. The van der Waals surface area contributed by atoms with E-state index in [4.69, 9.17) is 28.4 Å². The second-order valence-corrected chi connectivity index (χ2v) is 9.69. The third-order valence-electron chi connectivity index (χ3n) is 6.99. The zero-order valence-electron chi connectivity index (χ0n) is 23.0. The number of carbonyl (C=O) groups is 1. The van der Waals surface area contributed by atoms with Crippen LogP contribution < -0.4 is 33.7 Å². The van der Waals surface area contributed by atoms with E-state index in [0.717, 1.165) is 55.1 Å². The van der Waals surface area contributed by atoms with Crippen LogP contribution in [0, 0.1) is 5.92 Å². The summed E-state index contributed by atoms with van der Waals surface area (Å²) in [5.41, 5.74) is 2.72. The van der Waals surface area contributed by atoms with Crippen molar-refractivity contribution in [1.29, 1.82) is 0 Å². The highest BCUT2D eigenvalue weighted by molar-refractivity contribution is 5.77. The first-order valence-electron chi connectivity index (χ1n) is 13.2. The van der Waals surface area contributed by atoms with E-state index in [2.05, 4.69) is 26.3 Å². The van der Waals surface area contributed by atoms with Gasteiger partial charge in [-0.3, -0.25) is 9.69 Å². The first kappa shape index (κ1) is 27.3. The zero-order chi connectivity index (χ0) is 27.9. The van der Waals surface area contributed by atoms with Crippen molar-refractivity contribution in [3.05, 3.63) is 48.3 Å². The number of ether oxygens (including phenoxy) is 6. The highest BCUT2D eigenvalue weighted by atomic mass is 16.7. The van der Waals surface area contributed by atoms with Crippen molar-refractivity contribution in [1.82, 2.24) is 20.2 Å². The highest BCUT2D eigenvalue weighted by Crippen LogP contribution is 2.41. The fourth-order valence-corrected chi connectivity index (χ4v) is 4.99. The van der Waals surface area contributed by atoms with Gasteiger partial charge in [-0.25, -0.2) is 9.97 Å². The van der Waals surface area contributed by atoms with Gasteiger partial charge in [-0.1, -0.05) is 6.07 Å². The van der Waals surface area contributed by atoms with E-state index in [9.17, 15) is 4.79 Å². The van der Waals surface area contributed by atoms with Gasteiger partial charge in [-0.05, 0) is 60.7 Å². The minimum absolute atomic E-state index is 0.124. The van der Waals surface area contributed by atoms with Crippen LogP contribution in [0.5, 0.6) is 34.8 Å². The topological polar surface area (TPSA) is 114 Å². The van der Waals surface area contributed by atoms with E-state index in [1.54, 1.807) is 33.7 Å². The van der Waals surface area contributed by atoms with E-state index in [1.807, 2.05) is 24.3 Å². The number of rotatable bonds is 11. The molecule has 1 aromatic heterocycles. The van der Waals surface area contributed by atoms with Crippen LogP contribution >= 0.6 is 0 Å². The van der Waals surface area contributed by atoms with Crippen LogP contribution in [0.15, 0.2) is 42.7 Å². The lowest BCUT2D eigenvalue weighted by Gasteiger charge is -2.32. The molecule has 0 spiro atoms. The maximum atomic E-state index is 12.5.